The number of nitrogens with zero attached hydrogens (tertiary/aromatic N) is 3. The molecule has 1 rings (SSSR count). The Morgan fingerprint density at radius 2 is 2.20 bits per heavy atom. The quantitative estimate of drug-likeness (QED) is 0.576. The van der Waals surface area contributed by atoms with Crippen LogP contribution < -0.4 is 4.90 Å². The van der Waals surface area contributed by atoms with Gasteiger partial charge in [-0.1, -0.05) is 0 Å². The van der Waals surface area contributed by atoms with Crippen molar-refractivity contribution in [2.45, 2.75) is 0 Å². The van der Waals surface area contributed by atoms with Crippen LogP contribution in [-0.4, -0.2) is 24.1 Å². The Labute approximate surface area is 58.5 Å². The van der Waals surface area contributed by atoms with Crippen LogP contribution in [0.1, 0.15) is 0 Å². The van der Waals surface area contributed by atoms with Crippen LogP contribution in [0.3, 0.4) is 0 Å². The van der Waals surface area contributed by atoms with Gasteiger partial charge in [-0.3, -0.25) is 0 Å². The lowest BCUT2D eigenvalue weighted by molar-refractivity contribution is 0.611. The number of anilines is 1. The Balaban J connectivity index is 3.03. The fourth-order valence-corrected chi connectivity index (χ4v) is 0.635. The zero-order chi connectivity index (χ0) is 7.56. The van der Waals surface area contributed by atoms with E-state index in [0.717, 1.165) is 6.20 Å². The maximum absolute atomic E-state index is 12.7. The zero-order valence-corrected chi connectivity index (χ0v) is 5.87. The third-order valence-corrected chi connectivity index (χ3v) is 1.07. The molecule has 0 saturated heterocycles. The maximum Gasteiger partial charge on any atom is 0.183 e. The molecule has 0 radical (unpaired) electrons. The molecule has 3 nitrogen and oxygen atoms in total. The SMILES string of the molecule is CN(C)c1ncncc1F. The molecule has 0 unspecified atom stereocenters. The summed E-state index contributed by atoms with van der Waals surface area (Å²) in [6.07, 6.45) is 2.46. The van der Waals surface area contributed by atoms with Crippen molar-refractivity contribution in [1.82, 2.24) is 9.97 Å². The monoisotopic (exact) mass is 141 g/mol. The lowest BCUT2D eigenvalue weighted by atomic mass is 10.5. The molecule has 1 heterocycles. The van der Waals surface area contributed by atoms with E-state index in [-0.39, 0.29) is 0 Å². The van der Waals surface area contributed by atoms with Crippen molar-refractivity contribution in [2.75, 3.05) is 19.0 Å². The molecule has 0 aliphatic rings. The summed E-state index contributed by atoms with van der Waals surface area (Å²) in [5.41, 5.74) is 0. The topological polar surface area (TPSA) is 29.0 Å². The van der Waals surface area contributed by atoms with Crippen molar-refractivity contribution in [1.29, 1.82) is 0 Å². The number of hydrogen-bond acceptors (Lipinski definition) is 3. The Hall–Kier alpha value is -1.19. The van der Waals surface area contributed by atoms with Crippen LogP contribution in [0.15, 0.2) is 12.5 Å². The second kappa shape index (κ2) is 2.60. The summed E-state index contributed by atoms with van der Waals surface area (Å²) in [6.45, 7) is 0. The first-order valence-corrected chi connectivity index (χ1v) is 2.84. The molecule has 54 valence electrons. The van der Waals surface area contributed by atoms with E-state index in [9.17, 15) is 4.39 Å². The van der Waals surface area contributed by atoms with Gasteiger partial charge in [0.2, 0.25) is 0 Å². The maximum atomic E-state index is 12.7. The highest BCUT2D eigenvalue weighted by atomic mass is 19.1. The largest absolute Gasteiger partial charge is 0.360 e. The highest BCUT2D eigenvalue weighted by molar-refractivity contribution is 5.35. The van der Waals surface area contributed by atoms with Gasteiger partial charge >= 0.3 is 0 Å². The van der Waals surface area contributed by atoms with Crippen molar-refractivity contribution in [3.63, 3.8) is 0 Å². The van der Waals surface area contributed by atoms with E-state index in [4.69, 9.17) is 0 Å². The van der Waals surface area contributed by atoms with E-state index in [1.54, 1.807) is 19.0 Å². The fourth-order valence-electron chi connectivity index (χ4n) is 0.635. The van der Waals surface area contributed by atoms with E-state index in [1.165, 1.54) is 6.33 Å². The van der Waals surface area contributed by atoms with Crippen molar-refractivity contribution < 1.29 is 4.39 Å². The second-order valence-corrected chi connectivity index (χ2v) is 2.09. The van der Waals surface area contributed by atoms with Crippen LogP contribution in [0, 0.1) is 5.82 Å². The minimum atomic E-state index is -0.396. The molecule has 0 atom stereocenters. The van der Waals surface area contributed by atoms with Gasteiger partial charge in [0, 0.05) is 14.1 Å². The van der Waals surface area contributed by atoms with E-state index in [1.807, 2.05) is 0 Å². The number of aromatic nitrogens is 2. The van der Waals surface area contributed by atoms with Gasteiger partial charge < -0.3 is 4.90 Å². The summed E-state index contributed by atoms with van der Waals surface area (Å²) in [6, 6.07) is 0. The molecule has 0 fully saturated rings. The molecule has 0 spiro atoms. The third-order valence-electron chi connectivity index (χ3n) is 1.07. The summed E-state index contributed by atoms with van der Waals surface area (Å²) >= 11 is 0. The van der Waals surface area contributed by atoms with Crippen molar-refractivity contribution in [3.05, 3.63) is 18.3 Å². The lowest BCUT2D eigenvalue weighted by Crippen LogP contribution is -2.12. The smallest absolute Gasteiger partial charge is 0.183 e. The van der Waals surface area contributed by atoms with Gasteiger partial charge in [-0.15, -0.1) is 0 Å². The highest BCUT2D eigenvalue weighted by Gasteiger charge is 2.02. The molecule has 0 aliphatic heterocycles. The highest BCUT2D eigenvalue weighted by Crippen LogP contribution is 2.08. The Bertz CT molecular complexity index is 224. The average Bonchev–Trinajstić information content (AvgIpc) is 1.88. The first-order valence-electron chi connectivity index (χ1n) is 2.84. The molecule has 0 aromatic carbocycles. The molecule has 0 bridgehead atoms. The normalized spacial score (nSPS) is 9.50. The summed E-state index contributed by atoms with van der Waals surface area (Å²) in [4.78, 5) is 8.83. The van der Waals surface area contributed by atoms with E-state index in [0.29, 0.717) is 5.82 Å². The molecule has 0 aliphatic carbocycles. The first kappa shape index (κ1) is 6.92. The lowest BCUT2D eigenvalue weighted by Gasteiger charge is -2.09. The Kier molecular flexibility index (Phi) is 1.80. The van der Waals surface area contributed by atoms with Gasteiger partial charge in [0.05, 0.1) is 6.20 Å². The Morgan fingerprint density at radius 1 is 1.50 bits per heavy atom. The van der Waals surface area contributed by atoms with Crippen LogP contribution in [0.4, 0.5) is 10.2 Å². The molecule has 10 heavy (non-hydrogen) atoms. The molecule has 1 aromatic rings. The predicted molar refractivity (Wildman–Crippen MR) is 36.3 cm³/mol. The van der Waals surface area contributed by atoms with Crippen molar-refractivity contribution in [2.24, 2.45) is 0 Å². The molecule has 0 saturated carbocycles. The van der Waals surface area contributed by atoms with Gasteiger partial charge in [0.15, 0.2) is 11.6 Å². The average molecular weight is 141 g/mol. The molecule has 4 heteroatoms. The van der Waals surface area contributed by atoms with Crippen LogP contribution in [0.2, 0.25) is 0 Å². The molecular formula is C6H8FN3. The molecule has 0 N–H and O–H groups in total. The van der Waals surface area contributed by atoms with Crippen LogP contribution in [0.5, 0.6) is 0 Å². The fraction of sp³-hybridized carbons (Fsp3) is 0.333. The van der Waals surface area contributed by atoms with E-state index in [2.05, 4.69) is 9.97 Å². The van der Waals surface area contributed by atoms with Crippen LogP contribution >= 0.6 is 0 Å². The standard InChI is InChI=1S/C6H8FN3/c1-10(2)6-5(7)3-8-4-9-6/h3-4H,1-2H3. The Morgan fingerprint density at radius 3 is 2.60 bits per heavy atom. The number of halogens is 1. The van der Waals surface area contributed by atoms with Crippen molar-refractivity contribution >= 4 is 5.82 Å². The minimum Gasteiger partial charge on any atom is -0.360 e. The van der Waals surface area contributed by atoms with Crippen LogP contribution in [-0.2, 0) is 0 Å². The second-order valence-electron chi connectivity index (χ2n) is 2.09. The van der Waals surface area contributed by atoms with Gasteiger partial charge in [0.1, 0.15) is 6.33 Å². The van der Waals surface area contributed by atoms with Gasteiger partial charge in [-0.2, -0.15) is 0 Å². The van der Waals surface area contributed by atoms with E-state index < -0.39 is 5.82 Å². The van der Waals surface area contributed by atoms with Crippen molar-refractivity contribution in [3.8, 4) is 0 Å². The molecule has 0 amide bonds. The summed E-state index contributed by atoms with van der Waals surface area (Å²) < 4.78 is 12.7. The predicted octanol–water partition coefficient (Wildman–Crippen LogP) is 0.682. The van der Waals surface area contributed by atoms with Gasteiger partial charge in [0.25, 0.3) is 0 Å². The molecular weight excluding hydrogens is 133 g/mol. The first-order chi connectivity index (χ1) is 4.72. The van der Waals surface area contributed by atoms with Gasteiger partial charge in [-0.25, -0.2) is 14.4 Å². The minimum absolute atomic E-state index is 0.315. The summed E-state index contributed by atoms with van der Waals surface area (Å²) in [7, 11) is 3.46. The number of rotatable bonds is 1. The third kappa shape index (κ3) is 1.21. The molecule has 1 aromatic heterocycles. The zero-order valence-electron chi connectivity index (χ0n) is 5.87. The van der Waals surface area contributed by atoms with E-state index >= 15 is 0 Å². The summed E-state index contributed by atoms with van der Waals surface area (Å²) in [5.74, 6) is -0.0810. The van der Waals surface area contributed by atoms with Gasteiger partial charge in [-0.05, 0) is 0 Å². The number of hydrogen-bond donors (Lipinski definition) is 0. The van der Waals surface area contributed by atoms with Crippen LogP contribution in [0.25, 0.3) is 0 Å². The summed E-state index contributed by atoms with van der Waals surface area (Å²) in [5, 5.41) is 0.